The van der Waals surface area contributed by atoms with Crippen molar-refractivity contribution in [3.05, 3.63) is 64.7 Å². The van der Waals surface area contributed by atoms with Crippen molar-refractivity contribution >= 4 is 40.3 Å². The second kappa shape index (κ2) is 19.9. The highest BCUT2D eigenvalue weighted by Gasteiger charge is 2.32. The molecule has 0 radical (unpaired) electrons. The van der Waals surface area contributed by atoms with Crippen molar-refractivity contribution in [3.8, 4) is 5.75 Å². The number of fused-ring (bicyclic) bond motifs is 1. The molecule has 0 spiro atoms. The van der Waals surface area contributed by atoms with Crippen LogP contribution in [0.2, 0.25) is 5.02 Å². The molecule has 0 fully saturated rings. The molecule has 2 aromatic carbocycles. The van der Waals surface area contributed by atoms with Gasteiger partial charge in [0.2, 0.25) is 0 Å². The van der Waals surface area contributed by atoms with Crippen LogP contribution in [0.15, 0.2) is 53.4 Å². The van der Waals surface area contributed by atoms with E-state index in [0.717, 1.165) is 24.9 Å². The number of aryl methyl sites for hydroxylation is 1. The number of carbonyl (C=O) groups is 2. The number of nitrogens with zero attached hydrogens (tertiary/aromatic N) is 1. The molecule has 2 aliphatic heterocycles. The predicted molar refractivity (Wildman–Crippen MR) is 196 cm³/mol. The molecule has 4 atom stereocenters. The number of benzene rings is 2. The van der Waals surface area contributed by atoms with Gasteiger partial charge in [-0.15, -0.1) is 0 Å². The number of amides is 2. The zero-order valence-electron chi connectivity index (χ0n) is 30.0. The van der Waals surface area contributed by atoms with Crippen LogP contribution in [0.1, 0.15) is 77.8 Å². The van der Waals surface area contributed by atoms with Crippen LogP contribution in [0.25, 0.3) is 0 Å². The summed E-state index contributed by atoms with van der Waals surface area (Å²) in [5.41, 5.74) is 1.92. The van der Waals surface area contributed by atoms with Crippen LogP contribution in [-0.4, -0.2) is 74.5 Å². The molecule has 0 saturated heterocycles. The van der Waals surface area contributed by atoms with Gasteiger partial charge in [0.05, 0.1) is 30.4 Å². The first-order valence-electron chi connectivity index (χ1n) is 17.3. The second-order valence-corrected chi connectivity index (χ2v) is 14.0. The SMILES string of the molecule is CC.CCCc1cc(Cl)ccc1C1COc2ccc3cc2N(CCC(CC)C(OC(=O)NCCOC)/C=C/COC(C)(C)C(=O)NS3=O)C1. The molecule has 10 nitrogen and oxygen atoms in total. The van der Waals surface area contributed by atoms with Gasteiger partial charge in [0, 0.05) is 43.6 Å². The molecule has 0 saturated carbocycles. The van der Waals surface area contributed by atoms with Gasteiger partial charge in [0.15, 0.2) is 11.0 Å². The van der Waals surface area contributed by atoms with Gasteiger partial charge in [-0.05, 0) is 80.6 Å². The Morgan fingerprint density at radius 1 is 1.18 bits per heavy atom. The summed E-state index contributed by atoms with van der Waals surface area (Å²) in [4.78, 5) is 28.6. The number of anilines is 1. The van der Waals surface area contributed by atoms with Gasteiger partial charge in [-0.25, -0.2) is 9.00 Å². The Labute approximate surface area is 299 Å². The zero-order valence-corrected chi connectivity index (χ0v) is 31.6. The molecule has 2 amide bonds. The molecule has 12 heteroatoms. The Balaban J connectivity index is 0.00000319. The fourth-order valence-electron chi connectivity index (χ4n) is 5.86. The summed E-state index contributed by atoms with van der Waals surface area (Å²) < 4.78 is 39.3. The third kappa shape index (κ3) is 11.5. The quantitative estimate of drug-likeness (QED) is 0.222. The highest BCUT2D eigenvalue weighted by Crippen LogP contribution is 2.38. The van der Waals surface area contributed by atoms with Gasteiger partial charge in [0.25, 0.3) is 5.91 Å². The van der Waals surface area contributed by atoms with Crippen molar-refractivity contribution in [1.29, 1.82) is 0 Å². The Kier molecular flexibility index (Phi) is 16.4. The Morgan fingerprint density at radius 2 is 1.96 bits per heavy atom. The first-order valence-corrected chi connectivity index (χ1v) is 18.9. The van der Waals surface area contributed by atoms with Crippen molar-refractivity contribution < 1.29 is 32.7 Å². The minimum atomic E-state index is -1.82. The lowest BCUT2D eigenvalue weighted by molar-refractivity contribution is -0.139. The third-order valence-electron chi connectivity index (χ3n) is 8.61. The second-order valence-electron chi connectivity index (χ2n) is 12.4. The van der Waals surface area contributed by atoms with Crippen molar-refractivity contribution in [2.45, 2.75) is 89.7 Å². The molecular formula is C37H54ClN3O7S. The number of carbonyl (C=O) groups excluding carboxylic acids is 2. The van der Waals surface area contributed by atoms with E-state index < -0.39 is 34.7 Å². The number of hydrogen-bond donors (Lipinski definition) is 2. The summed E-state index contributed by atoms with van der Waals surface area (Å²) >= 11 is 6.41. The third-order valence-corrected chi connectivity index (χ3v) is 9.89. The van der Waals surface area contributed by atoms with Crippen LogP contribution in [0.3, 0.4) is 0 Å². The summed E-state index contributed by atoms with van der Waals surface area (Å²) in [6.45, 7) is 14.0. The standard InChI is InChI=1S/C35H48ClN3O7S.C2H6/c1-6-9-25-20-27(36)11-13-29(25)26-22-39-17-15-24(7-2)31(46-34(41)37-16-19-43-5)10-8-18-45-35(3,4)33(40)38-47(42)28-12-14-32(44-23-26)30(39)21-28;1-2/h8,10-14,20-21,24,26,31H,6-7,9,15-19,22-23H2,1-5H3,(H,37,41)(H,38,40);1-2H3/b10-8+;. The van der Waals surface area contributed by atoms with E-state index in [1.165, 1.54) is 11.1 Å². The Morgan fingerprint density at radius 3 is 2.67 bits per heavy atom. The van der Waals surface area contributed by atoms with Crippen molar-refractivity contribution in [1.82, 2.24) is 10.0 Å². The lowest BCUT2D eigenvalue weighted by Crippen LogP contribution is -2.45. The minimum absolute atomic E-state index is 0.0294. The van der Waals surface area contributed by atoms with Crippen molar-refractivity contribution in [2.75, 3.05) is 51.5 Å². The number of rotatable bonds is 8. The number of alkyl carbamates (subject to hydrolysis) is 1. The monoisotopic (exact) mass is 719 g/mol. The van der Waals surface area contributed by atoms with E-state index in [2.05, 4.69) is 34.9 Å². The molecule has 0 aromatic heterocycles. The maximum absolute atomic E-state index is 13.4. The number of hydrogen-bond acceptors (Lipinski definition) is 8. The van der Waals surface area contributed by atoms with E-state index in [9.17, 15) is 13.8 Å². The van der Waals surface area contributed by atoms with E-state index in [1.807, 2.05) is 44.2 Å². The first-order chi connectivity index (χ1) is 23.6. The summed E-state index contributed by atoms with van der Waals surface area (Å²) in [7, 11) is -0.252. The fourth-order valence-corrected chi connectivity index (χ4v) is 7.00. The van der Waals surface area contributed by atoms with Gasteiger partial charge in [-0.3, -0.25) is 9.52 Å². The maximum Gasteiger partial charge on any atom is 0.407 e. The average Bonchev–Trinajstić information content (AvgIpc) is 3.26. The molecular weight excluding hydrogens is 666 g/mol. The fraction of sp³-hybridized carbons (Fsp3) is 0.568. The Bertz CT molecular complexity index is 1440. The summed E-state index contributed by atoms with van der Waals surface area (Å²) in [6, 6.07) is 11.4. The van der Waals surface area contributed by atoms with Crippen molar-refractivity contribution in [2.24, 2.45) is 5.92 Å². The Hall–Kier alpha value is -3.12. The van der Waals surface area contributed by atoms with Gasteiger partial charge in [0.1, 0.15) is 17.5 Å². The lowest BCUT2D eigenvalue weighted by Gasteiger charge is -2.31. The molecule has 2 aromatic rings. The van der Waals surface area contributed by atoms with Gasteiger partial charge in [-0.2, -0.15) is 0 Å². The van der Waals surface area contributed by atoms with Gasteiger partial charge in [-0.1, -0.05) is 57.9 Å². The molecule has 272 valence electrons. The number of halogens is 1. The maximum atomic E-state index is 13.4. The molecule has 4 unspecified atom stereocenters. The van der Waals surface area contributed by atoms with Crippen LogP contribution < -0.4 is 19.7 Å². The summed E-state index contributed by atoms with van der Waals surface area (Å²) in [5.74, 6) is 0.172. The van der Waals surface area contributed by atoms with Gasteiger partial charge < -0.3 is 29.2 Å². The molecule has 0 aliphatic carbocycles. The van der Waals surface area contributed by atoms with E-state index in [0.29, 0.717) is 54.9 Å². The van der Waals surface area contributed by atoms with E-state index in [1.54, 1.807) is 33.1 Å². The number of methoxy groups -OCH3 is 1. The van der Waals surface area contributed by atoms with E-state index in [4.69, 9.17) is 30.5 Å². The predicted octanol–water partition coefficient (Wildman–Crippen LogP) is 6.96. The van der Waals surface area contributed by atoms with Crippen LogP contribution in [0.5, 0.6) is 5.75 Å². The van der Waals surface area contributed by atoms with Gasteiger partial charge >= 0.3 is 6.09 Å². The number of nitrogens with one attached hydrogen (secondary N) is 2. The molecule has 2 N–H and O–H groups in total. The highest BCUT2D eigenvalue weighted by atomic mass is 35.5. The van der Waals surface area contributed by atoms with Crippen molar-refractivity contribution in [3.63, 3.8) is 0 Å². The average molecular weight is 720 g/mol. The summed E-state index contributed by atoms with van der Waals surface area (Å²) in [5, 5.41) is 3.45. The molecule has 4 rings (SSSR count). The minimum Gasteiger partial charge on any atom is -0.491 e. The van der Waals surface area contributed by atoms with E-state index in [-0.39, 0.29) is 18.4 Å². The topological polar surface area (TPSA) is 115 Å². The largest absolute Gasteiger partial charge is 0.491 e. The summed E-state index contributed by atoms with van der Waals surface area (Å²) in [6.07, 6.45) is 5.85. The molecule has 2 aliphatic rings. The molecule has 2 heterocycles. The first kappa shape index (κ1) is 40.3. The zero-order chi connectivity index (χ0) is 36.0. The molecule has 49 heavy (non-hydrogen) atoms. The molecule has 2 bridgehead atoms. The van der Waals surface area contributed by atoms with Crippen LogP contribution >= 0.6 is 11.6 Å². The highest BCUT2D eigenvalue weighted by molar-refractivity contribution is 7.83. The normalized spacial score (nSPS) is 23.1. The van der Waals surface area contributed by atoms with Crippen LogP contribution in [-0.2, 0) is 36.4 Å². The van der Waals surface area contributed by atoms with Crippen LogP contribution in [0.4, 0.5) is 10.5 Å². The van der Waals surface area contributed by atoms with E-state index >= 15 is 0 Å². The lowest BCUT2D eigenvalue weighted by atomic mass is 9.91. The number of ether oxygens (including phenoxy) is 4. The smallest absolute Gasteiger partial charge is 0.407 e. The van der Waals surface area contributed by atoms with Crippen LogP contribution in [0, 0.1) is 5.92 Å².